The van der Waals surface area contributed by atoms with Gasteiger partial charge in [0.25, 0.3) is 5.91 Å². The molecule has 10 heteroatoms. The van der Waals surface area contributed by atoms with Gasteiger partial charge in [0.1, 0.15) is 18.1 Å². The first kappa shape index (κ1) is 25.4. The number of amides is 1. The minimum Gasteiger partial charge on any atom is -0.492 e. The van der Waals surface area contributed by atoms with Gasteiger partial charge in [-0.25, -0.2) is 8.42 Å². The third-order valence-electron chi connectivity index (χ3n) is 6.75. The molecule has 0 saturated carbocycles. The van der Waals surface area contributed by atoms with E-state index in [9.17, 15) is 13.2 Å². The van der Waals surface area contributed by atoms with E-state index in [2.05, 4.69) is 4.98 Å². The van der Waals surface area contributed by atoms with Gasteiger partial charge in [-0.05, 0) is 67.5 Å². The summed E-state index contributed by atoms with van der Waals surface area (Å²) in [5.41, 5.74) is 9.59. The molecule has 1 aliphatic rings. The Balaban J connectivity index is 1.53. The zero-order valence-electron chi connectivity index (χ0n) is 20.9. The van der Waals surface area contributed by atoms with Gasteiger partial charge in [0.05, 0.1) is 10.6 Å². The van der Waals surface area contributed by atoms with Crippen LogP contribution in [0.5, 0.6) is 5.75 Å². The van der Waals surface area contributed by atoms with Crippen molar-refractivity contribution in [2.45, 2.75) is 10.8 Å². The summed E-state index contributed by atoms with van der Waals surface area (Å²) < 4.78 is 30.3. The predicted molar refractivity (Wildman–Crippen MR) is 149 cm³/mol. The standard InChI is InChI=1S/C27H29ClN4O4S/c1-31(2)8-9-36-18-4-7-23-16(10-18)11-24(30-23)27(33)32-15-17(14-28)26-21-12-19(37(3,34)35)5-6-20(21)22(29)13-25(26)32/h4-7,10-13,17,30H,8-9,14-15,29H2,1-3H3. The molecule has 0 spiro atoms. The highest BCUT2D eigenvalue weighted by Gasteiger charge is 2.35. The maximum Gasteiger partial charge on any atom is 0.274 e. The highest BCUT2D eigenvalue weighted by atomic mass is 35.5. The number of sulfone groups is 1. The molecule has 2 heterocycles. The predicted octanol–water partition coefficient (Wildman–Crippen LogP) is 4.23. The minimum atomic E-state index is -3.42. The van der Waals surface area contributed by atoms with Crippen molar-refractivity contribution in [2.75, 3.05) is 56.6 Å². The van der Waals surface area contributed by atoms with Crippen molar-refractivity contribution in [2.24, 2.45) is 0 Å². The molecule has 194 valence electrons. The number of aromatic amines is 1. The summed E-state index contributed by atoms with van der Waals surface area (Å²) in [5.74, 6) is 0.638. The van der Waals surface area contributed by atoms with Crippen molar-refractivity contribution in [3.8, 4) is 5.75 Å². The Kier molecular flexibility index (Phi) is 6.55. The third kappa shape index (κ3) is 4.74. The van der Waals surface area contributed by atoms with Crippen LogP contribution >= 0.6 is 11.6 Å². The van der Waals surface area contributed by atoms with E-state index in [1.807, 2.05) is 43.3 Å². The molecule has 1 amide bonds. The molecule has 0 radical (unpaired) electrons. The molecule has 1 aromatic heterocycles. The number of halogens is 1. The fourth-order valence-electron chi connectivity index (χ4n) is 4.86. The van der Waals surface area contributed by atoms with Gasteiger partial charge in [-0.2, -0.15) is 0 Å². The number of carbonyl (C=O) groups is 1. The summed E-state index contributed by atoms with van der Waals surface area (Å²) in [6.45, 7) is 1.73. The number of nitrogens with one attached hydrogen (secondary N) is 1. The van der Waals surface area contributed by atoms with Crippen LogP contribution in [0.3, 0.4) is 0 Å². The van der Waals surface area contributed by atoms with Crippen LogP contribution in [-0.4, -0.2) is 70.1 Å². The minimum absolute atomic E-state index is 0.167. The summed E-state index contributed by atoms with van der Waals surface area (Å²) in [5, 5.41) is 2.31. The van der Waals surface area contributed by atoms with Crippen LogP contribution in [0.15, 0.2) is 53.4 Å². The highest BCUT2D eigenvalue weighted by molar-refractivity contribution is 7.90. The molecule has 0 fully saturated rings. The van der Waals surface area contributed by atoms with Crippen LogP contribution in [0.2, 0.25) is 0 Å². The monoisotopic (exact) mass is 540 g/mol. The lowest BCUT2D eigenvalue weighted by Gasteiger charge is -2.18. The molecule has 4 aromatic rings. The Hall–Kier alpha value is -3.27. The summed E-state index contributed by atoms with van der Waals surface area (Å²) >= 11 is 6.35. The van der Waals surface area contributed by atoms with Crippen LogP contribution in [0.25, 0.3) is 21.7 Å². The average molecular weight is 541 g/mol. The molecule has 0 bridgehead atoms. The van der Waals surface area contributed by atoms with Crippen LogP contribution in [-0.2, 0) is 9.84 Å². The third-order valence-corrected chi connectivity index (χ3v) is 8.23. The Bertz CT molecular complexity index is 1630. The summed E-state index contributed by atoms with van der Waals surface area (Å²) in [6, 6.07) is 14.2. The topological polar surface area (TPSA) is 109 Å². The van der Waals surface area contributed by atoms with Gasteiger partial charge in [-0.15, -0.1) is 11.6 Å². The van der Waals surface area contributed by atoms with Crippen molar-refractivity contribution in [1.82, 2.24) is 9.88 Å². The number of hydrogen-bond acceptors (Lipinski definition) is 6. The average Bonchev–Trinajstić information content (AvgIpc) is 3.44. The molecule has 1 atom stereocenters. The van der Waals surface area contributed by atoms with Crippen molar-refractivity contribution in [1.29, 1.82) is 0 Å². The largest absolute Gasteiger partial charge is 0.492 e. The number of ether oxygens (including phenoxy) is 1. The molecule has 1 unspecified atom stereocenters. The number of aromatic nitrogens is 1. The van der Waals surface area contributed by atoms with Crippen LogP contribution < -0.4 is 15.4 Å². The van der Waals surface area contributed by atoms with Gasteiger partial charge in [-0.1, -0.05) is 6.07 Å². The molecule has 37 heavy (non-hydrogen) atoms. The van der Waals surface area contributed by atoms with Crippen molar-refractivity contribution in [3.63, 3.8) is 0 Å². The number of fused-ring (bicyclic) bond motifs is 4. The Morgan fingerprint density at radius 2 is 1.95 bits per heavy atom. The smallest absolute Gasteiger partial charge is 0.274 e. The van der Waals surface area contributed by atoms with Crippen LogP contribution in [0.4, 0.5) is 11.4 Å². The van der Waals surface area contributed by atoms with E-state index in [-0.39, 0.29) is 22.6 Å². The normalized spacial score (nSPS) is 15.6. The molecule has 8 nitrogen and oxygen atoms in total. The fourth-order valence-corrected chi connectivity index (χ4v) is 5.76. The second-order valence-electron chi connectivity index (χ2n) is 9.73. The zero-order chi connectivity index (χ0) is 26.5. The maximum absolute atomic E-state index is 13.7. The molecule has 5 rings (SSSR count). The van der Waals surface area contributed by atoms with Gasteiger partial charge < -0.3 is 25.3 Å². The van der Waals surface area contributed by atoms with Crippen molar-refractivity contribution >= 4 is 60.4 Å². The first-order valence-corrected chi connectivity index (χ1v) is 14.3. The van der Waals surface area contributed by atoms with E-state index in [0.717, 1.165) is 34.1 Å². The second-order valence-corrected chi connectivity index (χ2v) is 12.1. The number of carbonyl (C=O) groups excluding carboxylic acids is 1. The molecule has 3 aromatic carbocycles. The number of H-pyrrole nitrogens is 1. The van der Waals surface area contributed by atoms with Crippen LogP contribution in [0, 0.1) is 0 Å². The lowest BCUT2D eigenvalue weighted by atomic mass is 9.95. The Labute approximate surface area is 220 Å². The van der Waals surface area contributed by atoms with E-state index < -0.39 is 9.84 Å². The van der Waals surface area contributed by atoms with Gasteiger partial charge in [0.2, 0.25) is 0 Å². The molecule has 0 aliphatic carbocycles. The molecule has 1 aliphatic heterocycles. The quantitative estimate of drug-likeness (QED) is 0.268. The Morgan fingerprint density at radius 3 is 2.65 bits per heavy atom. The number of nitrogens with two attached hydrogens (primary N) is 1. The number of benzene rings is 3. The van der Waals surface area contributed by atoms with Gasteiger partial charge in [0, 0.05) is 53.1 Å². The van der Waals surface area contributed by atoms with E-state index >= 15 is 0 Å². The number of anilines is 2. The lowest BCUT2D eigenvalue weighted by molar-refractivity contribution is 0.0984. The lowest BCUT2D eigenvalue weighted by Crippen LogP contribution is -2.30. The van der Waals surface area contributed by atoms with E-state index in [1.165, 1.54) is 6.26 Å². The molecule has 0 saturated heterocycles. The van der Waals surface area contributed by atoms with E-state index in [1.54, 1.807) is 29.2 Å². The SMILES string of the molecule is CN(C)CCOc1ccc2[nH]c(C(=O)N3CC(CCl)c4c3cc(N)c3ccc(S(C)(=O)=O)cc43)cc2c1. The number of alkyl halides is 1. The fraction of sp³-hybridized carbons (Fsp3) is 0.296. The zero-order valence-corrected chi connectivity index (χ0v) is 22.5. The number of nitrogens with zero attached hydrogens (tertiary/aromatic N) is 2. The number of hydrogen-bond donors (Lipinski definition) is 2. The Morgan fingerprint density at radius 1 is 1.16 bits per heavy atom. The first-order chi connectivity index (χ1) is 17.6. The van der Waals surface area contributed by atoms with Gasteiger partial charge in [-0.3, -0.25) is 4.79 Å². The summed E-state index contributed by atoms with van der Waals surface area (Å²) in [4.78, 5) is 20.9. The van der Waals surface area contributed by atoms with Crippen molar-refractivity contribution in [3.05, 3.63) is 59.8 Å². The van der Waals surface area contributed by atoms with Gasteiger partial charge >= 0.3 is 0 Å². The molecular formula is C27H29ClN4O4S. The van der Waals surface area contributed by atoms with E-state index in [0.29, 0.717) is 35.6 Å². The van der Waals surface area contributed by atoms with Crippen LogP contribution in [0.1, 0.15) is 22.0 Å². The van der Waals surface area contributed by atoms with Crippen molar-refractivity contribution < 1.29 is 17.9 Å². The highest BCUT2D eigenvalue weighted by Crippen LogP contribution is 2.45. The molecule has 3 N–H and O–H groups in total. The summed E-state index contributed by atoms with van der Waals surface area (Å²) in [7, 11) is 0.556. The number of rotatable bonds is 7. The number of likely N-dealkylation sites (N-methyl/N-ethyl adjacent to an activating group) is 1. The second kappa shape index (κ2) is 9.55. The maximum atomic E-state index is 13.7. The number of nitrogen functional groups attached to an aromatic ring is 1. The van der Waals surface area contributed by atoms with E-state index in [4.69, 9.17) is 22.1 Å². The summed E-state index contributed by atoms with van der Waals surface area (Å²) in [6.07, 6.45) is 1.17. The molecular weight excluding hydrogens is 512 g/mol. The van der Waals surface area contributed by atoms with Gasteiger partial charge in [0.15, 0.2) is 9.84 Å². The first-order valence-electron chi connectivity index (χ1n) is 11.9.